The minimum Gasteiger partial charge on any atom is -0.341 e. The predicted octanol–water partition coefficient (Wildman–Crippen LogP) is 3.18. The molecule has 0 saturated carbocycles. The van der Waals surface area contributed by atoms with Gasteiger partial charge >= 0.3 is 0 Å². The number of nitrogens with zero attached hydrogens (tertiary/aromatic N) is 6. The summed E-state index contributed by atoms with van der Waals surface area (Å²) in [6, 6.07) is 17.2. The number of carbonyl (C=O) groups excluding carboxylic acids is 1. The molecule has 0 atom stereocenters. The highest BCUT2D eigenvalue weighted by molar-refractivity contribution is 5.96. The SMILES string of the molecule is CN(CCc1ccccn1)C(=O)c1cc(-c2ccc(F)cc2)cc(-n2cnnn2)c1. The molecule has 150 valence electrons. The third kappa shape index (κ3) is 4.38. The summed E-state index contributed by atoms with van der Waals surface area (Å²) in [4.78, 5) is 19.1. The number of rotatable bonds is 6. The van der Waals surface area contributed by atoms with Crippen molar-refractivity contribution in [3.63, 3.8) is 0 Å². The molecule has 4 rings (SSSR count). The van der Waals surface area contributed by atoms with Crippen LogP contribution in [0.5, 0.6) is 0 Å². The summed E-state index contributed by atoms with van der Waals surface area (Å²) in [5.41, 5.74) is 3.61. The smallest absolute Gasteiger partial charge is 0.253 e. The number of hydrogen-bond donors (Lipinski definition) is 0. The van der Waals surface area contributed by atoms with Crippen molar-refractivity contribution in [1.29, 1.82) is 0 Å². The maximum absolute atomic E-state index is 13.3. The first-order chi connectivity index (χ1) is 14.6. The second kappa shape index (κ2) is 8.60. The molecule has 0 N–H and O–H groups in total. The van der Waals surface area contributed by atoms with Crippen molar-refractivity contribution < 1.29 is 9.18 Å². The second-order valence-electron chi connectivity index (χ2n) is 6.83. The van der Waals surface area contributed by atoms with Crippen LogP contribution in [0.3, 0.4) is 0 Å². The number of benzene rings is 2. The third-order valence-electron chi connectivity index (χ3n) is 4.73. The zero-order chi connectivity index (χ0) is 20.9. The summed E-state index contributed by atoms with van der Waals surface area (Å²) < 4.78 is 14.8. The Hall–Kier alpha value is -3.94. The predicted molar refractivity (Wildman–Crippen MR) is 109 cm³/mol. The summed E-state index contributed by atoms with van der Waals surface area (Å²) in [6.45, 7) is 0.525. The maximum atomic E-state index is 13.3. The average molecular weight is 402 g/mol. The van der Waals surface area contributed by atoms with Crippen LogP contribution >= 0.6 is 0 Å². The first-order valence-corrected chi connectivity index (χ1v) is 9.40. The van der Waals surface area contributed by atoms with E-state index in [-0.39, 0.29) is 11.7 Å². The molecule has 7 nitrogen and oxygen atoms in total. The van der Waals surface area contributed by atoms with Crippen molar-refractivity contribution in [3.05, 3.63) is 90.3 Å². The second-order valence-corrected chi connectivity index (χ2v) is 6.83. The van der Waals surface area contributed by atoms with Gasteiger partial charge in [-0.3, -0.25) is 9.78 Å². The van der Waals surface area contributed by atoms with Gasteiger partial charge in [-0.15, -0.1) is 5.10 Å². The highest BCUT2D eigenvalue weighted by Gasteiger charge is 2.16. The van der Waals surface area contributed by atoms with Gasteiger partial charge in [0, 0.05) is 37.5 Å². The molecule has 0 fully saturated rings. The van der Waals surface area contributed by atoms with Crippen LogP contribution in [0.4, 0.5) is 4.39 Å². The van der Waals surface area contributed by atoms with E-state index in [1.165, 1.54) is 23.1 Å². The Morgan fingerprint density at radius 2 is 1.90 bits per heavy atom. The van der Waals surface area contributed by atoms with Gasteiger partial charge < -0.3 is 4.90 Å². The minimum absolute atomic E-state index is 0.135. The number of hydrogen-bond acceptors (Lipinski definition) is 5. The largest absolute Gasteiger partial charge is 0.341 e. The lowest BCUT2D eigenvalue weighted by Gasteiger charge is -2.18. The number of halogens is 1. The first-order valence-electron chi connectivity index (χ1n) is 9.40. The lowest BCUT2D eigenvalue weighted by atomic mass is 10.0. The molecule has 2 aromatic carbocycles. The van der Waals surface area contributed by atoms with Crippen LogP contribution in [0.25, 0.3) is 16.8 Å². The molecule has 0 unspecified atom stereocenters. The number of carbonyl (C=O) groups is 1. The Balaban J connectivity index is 1.64. The summed E-state index contributed by atoms with van der Waals surface area (Å²) in [7, 11) is 1.76. The van der Waals surface area contributed by atoms with E-state index in [0.717, 1.165) is 16.8 Å². The molecule has 2 aromatic heterocycles. The van der Waals surface area contributed by atoms with Crippen molar-refractivity contribution >= 4 is 5.91 Å². The van der Waals surface area contributed by atoms with Gasteiger partial charge in [-0.05, 0) is 64.0 Å². The van der Waals surface area contributed by atoms with Gasteiger partial charge in [-0.1, -0.05) is 18.2 Å². The Morgan fingerprint density at radius 1 is 1.07 bits per heavy atom. The van der Waals surface area contributed by atoms with Crippen molar-refractivity contribution in [2.45, 2.75) is 6.42 Å². The Kier molecular flexibility index (Phi) is 5.56. The van der Waals surface area contributed by atoms with Crippen LogP contribution in [0.1, 0.15) is 16.1 Å². The van der Waals surface area contributed by atoms with Crippen molar-refractivity contribution in [3.8, 4) is 16.8 Å². The molecule has 8 heteroatoms. The van der Waals surface area contributed by atoms with E-state index >= 15 is 0 Å². The normalized spacial score (nSPS) is 10.7. The molecule has 0 aliphatic heterocycles. The molecule has 30 heavy (non-hydrogen) atoms. The fourth-order valence-electron chi connectivity index (χ4n) is 3.11. The van der Waals surface area contributed by atoms with Crippen molar-refractivity contribution in [1.82, 2.24) is 30.1 Å². The van der Waals surface area contributed by atoms with Gasteiger partial charge in [-0.2, -0.15) is 0 Å². The molecule has 0 aliphatic rings. The molecular formula is C22H19FN6O. The minimum atomic E-state index is -0.319. The Bertz CT molecular complexity index is 1130. The summed E-state index contributed by atoms with van der Waals surface area (Å²) >= 11 is 0. The Morgan fingerprint density at radius 3 is 2.60 bits per heavy atom. The number of amides is 1. The summed E-state index contributed by atoms with van der Waals surface area (Å²) in [6.07, 6.45) is 3.85. The third-order valence-corrected chi connectivity index (χ3v) is 4.73. The van der Waals surface area contributed by atoms with Gasteiger partial charge in [-0.25, -0.2) is 9.07 Å². The molecule has 0 saturated heterocycles. The van der Waals surface area contributed by atoms with Crippen molar-refractivity contribution in [2.75, 3.05) is 13.6 Å². The average Bonchev–Trinajstić information content (AvgIpc) is 3.33. The molecule has 2 heterocycles. The van der Waals surface area contributed by atoms with E-state index in [1.54, 1.807) is 42.4 Å². The van der Waals surface area contributed by atoms with Crippen LogP contribution < -0.4 is 0 Å². The van der Waals surface area contributed by atoms with Gasteiger partial charge in [0.1, 0.15) is 12.1 Å². The van der Waals surface area contributed by atoms with Crippen LogP contribution in [0.2, 0.25) is 0 Å². The number of tetrazole rings is 1. The zero-order valence-corrected chi connectivity index (χ0v) is 16.3. The maximum Gasteiger partial charge on any atom is 0.253 e. The Labute approximate surface area is 172 Å². The molecule has 1 amide bonds. The molecular weight excluding hydrogens is 383 g/mol. The van der Waals surface area contributed by atoms with E-state index in [4.69, 9.17) is 0 Å². The van der Waals surface area contributed by atoms with Gasteiger partial charge in [0.05, 0.1) is 5.69 Å². The fraction of sp³-hybridized carbons (Fsp3) is 0.136. The van der Waals surface area contributed by atoms with Gasteiger partial charge in [0.2, 0.25) is 0 Å². The summed E-state index contributed by atoms with van der Waals surface area (Å²) in [5, 5.41) is 11.3. The highest BCUT2D eigenvalue weighted by Crippen LogP contribution is 2.25. The fourth-order valence-corrected chi connectivity index (χ4v) is 3.11. The quantitative estimate of drug-likeness (QED) is 0.495. The summed E-state index contributed by atoms with van der Waals surface area (Å²) in [5.74, 6) is -0.454. The molecule has 0 radical (unpaired) electrons. The lowest BCUT2D eigenvalue weighted by molar-refractivity contribution is 0.0796. The molecule has 0 spiro atoms. The molecule has 0 bridgehead atoms. The van der Waals surface area contributed by atoms with E-state index in [0.29, 0.717) is 24.2 Å². The monoisotopic (exact) mass is 402 g/mol. The highest BCUT2D eigenvalue weighted by atomic mass is 19.1. The number of likely N-dealkylation sites (N-methyl/N-ethyl adjacent to an activating group) is 1. The lowest BCUT2D eigenvalue weighted by Crippen LogP contribution is -2.29. The van der Waals surface area contributed by atoms with Crippen LogP contribution in [-0.2, 0) is 6.42 Å². The standard InChI is InChI=1S/C22H19FN6O/c1-28(11-9-20-4-2-3-10-24-20)22(30)18-12-17(16-5-7-19(23)8-6-16)13-21(14-18)29-15-25-26-27-29/h2-8,10,12-15H,9,11H2,1H3. The van der Waals surface area contributed by atoms with Gasteiger partial charge in [0.25, 0.3) is 5.91 Å². The zero-order valence-electron chi connectivity index (χ0n) is 16.3. The number of pyridine rings is 1. The molecule has 4 aromatic rings. The van der Waals surface area contributed by atoms with E-state index in [9.17, 15) is 9.18 Å². The number of aromatic nitrogens is 5. The van der Waals surface area contributed by atoms with Crippen molar-refractivity contribution in [2.24, 2.45) is 0 Å². The molecule has 0 aliphatic carbocycles. The van der Waals surface area contributed by atoms with Crippen LogP contribution in [0, 0.1) is 5.82 Å². The van der Waals surface area contributed by atoms with E-state index < -0.39 is 0 Å². The topological polar surface area (TPSA) is 76.8 Å². The van der Waals surface area contributed by atoms with Crippen LogP contribution in [-0.4, -0.2) is 49.6 Å². The van der Waals surface area contributed by atoms with E-state index in [1.807, 2.05) is 24.3 Å². The van der Waals surface area contributed by atoms with Crippen LogP contribution in [0.15, 0.2) is 73.2 Å². The van der Waals surface area contributed by atoms with E-state index in [2.05, 4.69) is 20.5 Å². The van der Waals surface area contributed by atoms with Gasteiger partial charge in [0.15, 0.2) is 0 Å². The first kappa shape index (κ1) is 19.4.